The van der Waals surface area contributed by atoms with Crippen molar-refractivity contribution in [2.45, 2.75) is 12.8 Å². The number of likely N-dealkylation sites (tertiary alicyclic amines) is 1. The van der Waals surface area contributed by atoms with Crippen LogP contribution in [0.1, 0.15) is 14.2 Å². The van der Waals surface area contributed by atoms with E-state index in [0.29, 0.717) is 13.1 Å². The zero-order chi connectivity index (χ0) is 12.1. The molecule has 0 radical (unpaired) electrons. The summed E-state index contributed by atoms with van der Waals surface area (Å²) in [4.78, 5) is 24.4. The van der Waals surface area contributed by atoms with Gasteiger partial charge in [-0.05, 0) is 12.8 Å². The zero-order valence-corrected chi connectivity index (χ0v) is 8.91. The fraction of sp³-hybridized carbons (Fsp3) is 0.600. The zero-order valence-electron chi connectivity index (χ0n) is 9.91. The molecule has 0 bridgehead atoms. The van der Waals surface area contributed by atoms with Crippen LogP contribution in [0.3, 0.4) is 0 Å². The van der Waals surface area contributed by atoms with E-state index >= 15 is 0 Å². The van der Waals surface area contributed by atoms with Gasteiger partial charge < -0.3 is 14.4 Å². The molecule has 15 heavy (non-hydrogen) atoms. The van der Waals surface area contributed by atoms with E-state index in [1.54, 1.807) is 4.90 Å². The largest absolute Gasteiger partial charge is 0.466 e. The lowest BCUT2D eigenvalue weighted by Crippen LogP contribution is -2.26. The highest BCUT2D eigenvalue weighted by Crippen LogP contribution is 2.15. The van der Waals surface area contributed by atoms with E-state index in [2.05, 4.69) is 9.47 Å². The highest BCUT2D eigenvalue weighted by Gasteiger charge is 2.22. The van der Waals surface area contributed by atoms with Crippen molar-refractivity contribution in [3.05, 3.63) is 11.7 Å². The highest BCUT2D eigenvalue weighted by atomic mass is 16.5. The van der Waals surface area contributed by atoms with E-state index in [1.807, 2.05) is 0 Å². The fourth-order valence-corrected chi connectivity index (χ4v) is 1.44. The average Bonchev–Trinajstić information content (AvgIpc) is 2.81. The average molecular weight is 214 g/mol. The van der Waals surface area contributed by atoms with Gasteiger partial charge >= 0.3 is 11.9 Å². The van der Waals surface area contributed by atoms with E-state index in [9.17, 15) is 9.59 Å². The third kappa shape index (κ3) is 2.97. The summed E-state index contributed by atoms with van der Waals surface area (Å²) in [5.74, 6) is -1.50. The van der Waals surface area contributed by atoms with Crippen molar-refractivity contribution in [2.24, 2.45) is 0 Å². The van der Waals surface area contributed by atoms with Crippen molar-refractivity contribution in [1.82, 2.24) is 4.90 Å². The second kappa shape index (κ2) is 5.38. The maximum atomic E-state index is 11.5. The van der Waals surface area contributed by atoms with Crippen molar-refractivity contribution in [1.29, 1.82) is 0 Å². The fourth-order valence-electron chi connectivity index (χ4n) is 1.44. The Morgan fingerprint density at radius 3 is 2.33 bits per heavy atom. The molecule has 0 N–H and O–H groups in total. The van der Waals surface area contributed by atoms with Crippen molar-refractivity contribution in [2.75, 3.05) is 27.3 Å². The van der Waals surface area contributed by atoms with Crippen molar-refractivity contribution in [3.8, 4) is 0 Å². The standard InChI is InChI=1S/C10H15NO4/c1-14-9(12)7-8(10(13)15-2)11-5-3-4-6-11/h7H,3-6H2,1-2H3/b8-7+/i7D. The minimum absolute atomic E-state index is 0.00755. The van der Waals surface area contributed by atoms with Gasteiger partial charge in [-0.2, -0.15) is 0 Å². The molecule has 1 aliphatic heterocycles. The van der Waals surface area contributed by atoms with Crippen LogP contribution in [0.4, 0.5) is 0 Å². The lowest BCUT2D eigenvalue weighted by molar-refractivity contribution is -0.139. The van der Waals surface area contributed by atoms with E-state index in [4.69, 9.17) is 1.37 Å². The molecular formula is C10H15NO4. The second-order valence-corrected chi connectivity index (χ2v) is 3.15. The molecule has 0 aromatic carbocycles. The Morgan fingerprint density at radius 2 is 1.87 bits per heavy atom. The Morgan fingerprint density at radius 1 is 1.27 bits per heavy atom. The van der Waals surface area contributed by atoms with E-state index in [-0.39, 0.29) is 5.70 Å². The van der Waals surface area contributed by atoms with Crippen LogP contribution < -0.4 is 0 Å². The van der Waals surface area contributed by atoms with Gasteiger partial charge in [-0.1, -0.05) is 0 Å². The molecule has 0 saturated carbocycles. The summed E-state index contributed by atoms with van der Waals surface area (Å²) in [7, 11) is 2.40. The first-order chi connectivity index (χ1) is 7.61. The molecule has 0 amide bonds. The van der Waals surface area contributed by atoms with Crippen LogP contribution in [0.15, 0.2) is 11.7 Å². The summed E-state index contributed by atoms with van der Waals surface area (Å²) in [5.41, 5.74) is -0.00755. The maximum absolute atomic E-state index is 11.5. The molecule has 1 heterocycles. The topological polar surface area (TPSA) is 55.8 Å². The van der Waals surface area contributed by atoms with Gasteiger partial charge in [-0.3, -0.25) is 0 Å². The summed E-state index contributed by atoms with van der Waals surface area (Å²) in [6.45, 7) is 1.31. The molecule has 0 aromatic heterocycles. The summed E-state index contributed by atoms with van der Waals surface area (Å²) in [6, 6.07) is -0.448. The van der Waals surface area contributed by atoms with Crippen LogP contribution in [-0.2, 0) is 19.1 Å². The number of hydrogen-bond acceptors (Lipinski definition) is 5. The van der Waals surface area contributed by atoms with Gasteiger partial charge in [-0.15, -0.1) is 0 Å². The van der Waals surface area contributed by atoms with Crippen molar-refractivity contribution in [3.63, 3.8) is 0 Å². The molecule has 0 spiro atoms. The van der Waals surface area contributed by atoms with Gasteiger partial charge in [0.05, 0.1) is 21.6 Å². The lowest BCUT2D eigenvalue weighted by atomic mass is 10.3. The minimum Gasteiger partial charge on any atom is -0.466 e. The monoisotopic (exact) mass is 214 g/mol. The van der Waals surface area contributed by atoms with E-state index in [0.717, 1.165) is 12.8 Å². The lowest BCUT2D eigenvalue weighted by Gasteiger charge is -2.18. The van der Waals surface area contributed by atoms with Crippen LogP contribution in [0, 0.1) is 0 Å². The molecule has 5 heteroatoms. The van der Waals surface area contributed by atoms with Crippen LogP contribution in [0.2, 0.25) is 0 Å². The molecule has 1 aliphatic rings. The van der Waals surface area contributed by atoms with E-state index < -0.39 is 18.0 Å². The van der Waals surface area contributed by atoms with Crippen molar-refractivity contribution < 1.29 is 20.4 Å². The van der Waals surface area contributed by atoms with Crippen LogP contribution in [-0.4, -0.2) is 44.1 Å². The van der Waals surface area contributed by atoms with Crippen LogP contribution in [0.25, 0.3) is 0 Å². The third-order valence-corrected chi connectivity index (χ3v) is 2.21. The molecule has 1 fully saturated rings. The summed E-state index contributed by atoms with van der Waals surface area (Å²) >= 11 is 0. The van der Waals surface area contributed by atoms with Crippen LogP contribution in [0.5, 0.6) is 0 Å². The van der Waals surface area contributed by atoms with E-state index in [1.165, 1.54) is 14.2 Å². The minimum atomic E-state index is -0.827. The Balaban J connectivity index is 3.02. The number of nitrogens with zero attached hydrogens (tertiary/aromatic N) is 1. The first-order valence-electron chi connectivity index (χ1n) is 5.24. The second-order valence-electron chi connectivity index (χ2n) is 3.15. The van der Waals surface area contributed by atoms with Gasteiger partial charge in [0.25, 0.3) is 0 Å². The molecule has 1 saturated heterocycles. The van der Waals surface area contributed by atoms with Gasteiger partial charge in [0.15, 0.2) is 0 Å². The summed E-state index contributed by atoms with van der Waals surface area (Å²) in [6.07, 6.45) is 1.88. The molecule has 1 rings (SSSR count). The molecule has 84 valence electrons. The summed E-state index contributed by atoms with van der Waals surface area (Å²) < 4.78 is 16.6. The third-order valence-electron chi connectivity index (χ3n) is 2.21. The van der Waals surface area contributed by atoms with Crippen molar-refractivity contribution >= 4 is 11.9 Å². The molecule has 0 atom stereocenters. The van der Waals surface area contributed by atoms with Gasteiger partial charge in [0, 0.05) is 13.1 Å². The highest BCUT2D eigenvalue weighted by molar-refractivity contribution is 5.95. The Hall–Kier alpha value is -1.52. The number of hydrogen-bond donors (Lipinski definition) is 0. The number of esters is 2. The molecule has 0 aromatic rings. The van der Waals surface area contributed by atoms with Gasteiger partial charge in [-0.25, -0.2) is 9.59 Å². The predicted molar refractivity (Wildman–Crippen MR) is 52.9 cm³/mol. The number of carbonyl (C=O) groups is 2. The quantitative estimate of drug-likeness (QED) is 0.500. The molecular weight excluding hydrogens is 198 g/mol. The smallest absolute Gasteiger partial charge is 0.354 e. The molecule has 5 nitrogen and oxygen atoms in total. The predicted octanol–water partition coefficient (Wildman–Crippen LogP) is 0.312. The first-order valence-corrected chi connectivity index (χ1v) is 4.74. The molecule has 0 unspecified atom stereocenters. The van der Waals surface area contributed by atoms with Crippen LogP contribution >= 0.6 is 0 Å². The molecule has 0 aliphatic carbocycles. The number of methoxy groups -OCH3 is 2. The first kappa shape index (κ1) is 10.0. The maximum Gasteiger partial charge on any atom is 0.354 e. The summed E-state index contributed by atoms with van der Waals surface area (Å²) in [5, 5.41) is 0. The van der Waals surface area contributed by atoms with Gasteiger partial charge in [0.1, 0.15) is 5.70 Å². The number of ether oxygens (including phenoxy) is 2. The Kier molecular flexibility index (Phi) is 3.59. The normalized spacial score (nSPS) is 18.0. The number of carbonyl (C=O) groups excluding carboxylic acids is 2. The Labute approximate surface area is 90.0 Å². The van der Waals surface area contributed by atoms with Gasteiger partial charge in [0.2, 0.25) is 0 Å². The SMILES string of the molecule is [2H]/C(C(=O)OC)=C(/C(=O)OC)N1CCCC1. The number of rotatable bonds is 3. The Bertz CT molecular complexity index is 321.